The summed E-state index contributed by atoms with van der Waals surface area (Å²) in [6, 6.07) is 25.6. The molecule has 4 aromatic rings. The minimum absolute atomic E-state index is 0.540. The predicted molar refractivity (Wildman–Crippen MR) is 124 cm³/mol. The van der Waals surface area contributed by atoms with E-state index in [2.05, 4.69) is 10.6 Å². The van der Waals surface area contributed by atoms with Crippen molar-refractivity contribution in [3.8, 4) is 21.8 Å². The molecule has 6 heteroatoms. The van der Waals surface area contributed by atoms with Gasteiger partial charge in [0.1, 0.15) is 5.01 Å². The van der Waals surface area contributed by atoms with Gasteiger partial charge in [0.2, 0.25) is 0 Å². The highest BCUT2D eigenvalue weighted by Gasteiger charge is 2.10. The molecule has 0 aliphatic carbocycles. The first-order valence-electron chi connectivity index (χ1n) is 8.63. The lowest BCUT2D eigenvalue weighted by atomic mass is 10.1. The number of anilines is 2. The lowest BCUT2D eigenvalue weighted by Crippen LogP contribution is -2.18. The largest absolute Gasteiger partial charge is 0.332 e. The summed E-state index contributed by atoms with van der Waals surface area (Å²) < 4.78 is 0. The van der Waals surface area contributed by atoms with E-state index in [1.54, 1.807) is 11.3 Å². The molecule has 0 unspecified atom stereocenters. The lowest BCUT2D eigenvalue weighted by Gasteiger charge is -2.11. The van der Waals surface area contributed by atoms with Gasteiger partial charge in [-0.05, 0) is 42.5 Å². The number of aromatic nitrogens is 1. The zero-order chi connectivity index (χ0) is 19.3. The van der Waals surface area contributed by atoms with Crippen LogP contribution in [0.2, 0.25) is 5.02 Å². The number of halogens is 1. The van der Waals surface area contributed by atoms with Gasteiger partial charge in [0.05, 0.1) is 10.7 Å². The van der Waals surface area contributed by atoms with Crippen molar-refractivity contribution in [3.63, 3.8) is 0 Å². The highest BCUT2D eigenvalue weighted by molar-refractivity contribution is 7.80. The standard InChI is InChI=1S/C22H16ClN3S2/c23-19-12-5-4-11-18(19)21-26-20(14-28-21)15-7-6-10-17(13-15)25-22(27)24-16-8-2-1-3-9-16/h1-14H,(H2,24,25,27). The number of thiocarbonyl (C=S) groups is 1. The third kappa shape index (κ3) is 4.39. The summed E-state index contributed by atoms with van der Waals surface area (Å²) in [5.41, 5.74) is 4.72. The Morgan fingerprint density at radius 3 is 2.39 bits per heavy atom. The van der Waals surface area contributed by atoms with Crippen LogP contribution < -0.4 is 10.6 Å². The van der Waals surface area contributed by atoms with Crippen molar-refractivity contribution >= 4 is 51.6 Å². The number of hydrogen-bond donors (Lipinski definition) is 2. The third-order valence-electron chi connectivity index (χ3n) is 4.06. The zero-order valence-electron chi connectivity index (χ0n) is 14.7. The molecule has 3 aromatic carbocycles. The van der Waals surface area contributed by atoms with Crippen LogP contribution in [-0.4, -0.2) is 10.1 Å². The highest BCUT2D eigenvalue weighted by Crippen LogP contribution is 2.33. The first-order chi connectivity index (χ1) is 13.7. The fourth-order valence-electron chi connectivity index (χ4n) is 2.74. The van der Waals surface area contributed by atoms with Crippen LogP contribution in [0.5, 0.6) is 0 Å². The quantitative estimate of drug-likeness (QED) is 0.350. The molecule has 0 aliphatic rings. The Bertz CT molecular complexity index is 1110. The molecule has 1 heterocycles. The fourth-order valence-corrected chi connectivity index (χ4v) is 4.12. The van der Waals surface area contributed by atoms with E-state index in [-0.39, 0.29) is 0 Å². The Hall–Kier alpha value is -2.73. The summed E-state index contributed by atoms with van der Waals surface area (Å²) in [5.74, 6) is 0. The van der Waals surface area contributed by atoms with E-state index < -0.39 is 0 Å². The van der Waals surface area contributed by atoms with Gasteiger partial charge in [-0.1, -0.05) is 60.1 Å². The van der Waals surface area contributed by atoms with Gasteiger partial charge in [-0.25, -0.2) is 4.98 Å². The predicted octanol–water partition coefficient (Wildman–Crippen LogP) is 6.94. The molecule has 0 aliphatic heterocycles. The second kappa shape index (κ2) is 8.52. The smallest absolute Gasteiger partial charge is 0.175 e. The maximum atomic E-state index is 6.30. The van der Waals surface area contributed by atoms with Crippen molar-refractivity contribution in [3.05, 3.63) is 89.3 Å². The molecule has 0 saturated heterocycles. The Morgan fingerprint density at radius 1 is 0.857 bits per heavy atom. The van der Waals surface area contributed by atoms with E-state index in [0.717, 1.165) is 33.2 Å². The Morgan fingerprint density at radius 2 is 1.57 bits per heavy atom. The molecule has 0 atom stereocenters. The van der Waals surface area contributed by atoms with Crippen LogP contribution >= 0.6 is 35.2 Å². The molecule has 2 N–H and O–H groups in total. The van der Waals surface area contributed by atoms with E-state index in [4.69, 9.17) is 28.8 Å². The average molecular weight is 422 g/mol. The normalized spacial score (nSPS) is 10.5. The van der Waals surface area contributed by atoms with Crippen LogP contribution in [0.25, 0.3) is 21.8 Å². The summed E-state index contributed by atoms with van der Waals surface area (Å²) in [4.78, 5) is 4.76. The van der Waals surface area contributed by atoms with Gasteiger partial charge >= 0.3 is 0 Å². The molecule has 28 heavy (non-hydrogen) atoms. The van der Waals surface area contributed by atoms with Crippen LogP contribution in [0.3, 0.4) is 0 Å². The number of nitrogens with one attached hydrogen (secondary N) is 2. The van der Waals surface area contributed by atoms with Crippen LogP contribution in [0, 0.1) is 0 Å². The molecule has 0 saturated carbocycles. The van der Waals surface area contributed by atoms with E-state index in [1.165, 1.54) is 0 Å². The molecule has 1 aromatic heterocycles. The topological polar surface area (TPSA) is 37.0 Å². The monoisotopic (exact) mass is 421 g/mol. The van der Waals surface area contributed by atoms with Crippen molar-refractivity contribution in [2.75, 3.05) is 10.6 Å². The van der Waals surface area contributed by atoms with Gasteiger partial charge in [0.25, 0.3) is 0 Å². The number of benzene rings is 3. The molecule has 0 fully saturated rings. The minimum Gasteiger partial charge on any atom is -0.332 e. The van der Waals surface area contributed by atoms with Gasteiger partial charge in [-0.15, -0.1) is 11.3 Å². The Kier molecular flexibility index (Phi) is 5.67. The van der Waals surface area contributed by atoms with Crippen molar-refractivity contribution in [1.82, 2.24) is 4.98 Å². The van der Waals surface area contributed by atoms with E-state index >= 15 is 0 Å². The number of thiazole rings is 1. The molecule has 0 amide bonds. The third-order valence-corrected chi connectivity index (χ3v) is 5.47. The van der Waals surface area contributed by atoms with Gasteiger partial charge in [0, 0.05) is 27.9 Å². The second-order valence-corrected chi connectivity index (χ2v) is 7.72. The number of rotatable bonds is 4. The van der Waals surface area contributed by atoms with Gasteiger partial charge in [-0.3, -0.25) is 0 Å². The summed E-state index contributed by atoms with van der Waals surface area (Å²) in [5, 5.41) is 10.6. The van der Waals surface area contributed by atoms with Crippen LogP contribution in [0.1, 0.15) is 0 Å². The summed E-state index contributed by atoms with van der Waals surface area (Å²) in [7, 11) is 0. The van der Waals surface area contributed by atoms with Gasteiger partial charge in [-0.2, -0.15) is 0 Å². The molecule has 0 spiro atoms. The fraction of sp³-hybridized carbons (Fsp3) is 0. The van der Waals surface area contributed by atoms with Crippen LogP contribution in [-0.2, 0) is 0 Å². The summed E-state index contributed by atoms with van der Waals surface area (Å²) >= 11 is 13.3. The van der Waals surface area contributed by atoms with E-state index in [0.29, 0.717) is 10.1 Å². The molecule has 0 radical (unpaired) electrons. The van der Waals surface area contributed by atoms with E-state index in [1.807, 2.05) is 84.2 Å². The number of para-hydroxylation sites is 1. The van der Waals surface area contributed by atoms with Crippen molar-refractivity contribution in [2.24, 2.45) is 0 Å². The average Bonchev–Trinajstić information content (AvgIpc) is 3.19. The van der Waals surface area contributed by atoms with Crippen molar-refractivity contribution in [2.45, 2.75) is 0 Å². The molecule has 3 nitrogen and oxygen atoms in total. The van der Waals surface area contributed by atoms with Gasteiger partial charge < -0.3 is 10.6 Å². The Balaban J connectivity index is 1.51. The molecule has 138 valence electrons. The van der Waals surface area contributed by atoms with Gasteiger partial charge in [0.15, 0.2) is 5.11 Å². The molecule has 4 rings (SSSR count). The minimum atomic E-state index is 0.540. The first kappa shape index (κ1) is 18.6. The maximum absolute atomic E-state index is 6.30. The number of hydrogen-bond acceptors (Lipinski definition) is 3. The van der Waals surface area contributed by atoms with Crippen LogP contribution in [0.4, 0.5) is 11.4 Å². The summed E-state index contributed by atoms with van der Waals surface area (Å²) in [6.07, 6.45) is 0. The zero-order valence-corrected chi connectivity index (χ0v) is 17.1. The van der Waals surface area contributed by atoms with Crippen molar-refractivity contribution < 1.29 is 0 Å². The second-order valence-electron chi connectivity index (χ2n) is 6.04. The molecular formula is C22H16ClN3S2. The summed E-state index contributed by atoms with van der Waals surface area (Å²) in [6.45, 7) is 0. The molecular weight excluding hydrogens is 406 g/mol. The first-order valence-corrected chi connectivity index (χ1v) is 10.3. The Labute approximate surface area is 178 Å². The van der Waals surface area contributed by atoms with E-state index in [9.17, 15) is 0 Å². The lowest BCUT2D eigenvalue weighted by molar-refractivity contribution is 1.40. The molecule has 0 bridgehead atoms. The SMILES string of the molecule is S=C(Nc1ccccc1)Nc1cccc(-c2csc(-c3ccccc3Cl)n2)c1. The number of nitrogens with zero attached hydrogens (tertiary/aromatic N) is 1. The van der Waals surface area contributed by atoms with Crippen LogP contribution in [0.15, 0.2) is 84.2 Å². The highest BCUT2D eigenvalue weighted by atomic mass is 35.5. The maximum Gasteiger partial charge on any atom is 0.175 e. The van der Waals surface area contributed by atoms with Crippen molar-refractivity contribution in [1.29, 1.82) is 0 Å².